The third kappa shape index (κ3) is 5.31. The molecule has 25 heavy (non-hydrogen) atoms. The van der Waals surface area contributed by atoms with E-state index in [-0.39, 0.29) is 5.91 Å². The fraction of sp³-hybridized carbons (Fsp3) is 0.450. The second-order valence-corrected chi connectivity index (χ2v) is 7.43. The number of ether oxygens (including phenoxy) is 1. The van der Waals surface area contributed by atoms with Gasteiger partial charge in [-0.05, 0) is 42.0 Å². The molecule has 134 valence electrons. The van der Waals surface area contributed by atoms with Crippen LogP contribution >= 0.6 is 11.3 Å². The lowest BCUT2D eigenvalue weighted by Crippen LogP contribution is -2.49. The zero-order chi connectivity index (χ0) is 17.5. The Balaban J connectivity index is 1.37. The number of benzene rings is 1. The van der Waals surface area contributed by atoms with E-state index in [9.17, 15) is 4.79 Å². The van der Waals surface area contributed by atoms with E-state index in [0.717, 1.165) is 51.3 Å². The van der Waals surface area contributed by atoms with Gasteiger partial charge in [-0.2, -0.15) is 0 Å². The number of carbonyl (C=O) groups is 1. The predicted molar refractivity (Wildman–Crippen MR) is 102 cm³/mol. The number of hydrogen-bond donors (Lipinski definition) is 0. The molecule has 4 nitrogen and oxygen atoms in total. The van der Waals surface area contributed by atoms with Crippen LogP contribution in [0.25, 0.3) is 0 Å². The summed E-state index contributed by atoms with van der Waals surface area (Å²) in [5.41, 5.74) is 1.18. The van der Waals surface area contributed by atoms with Crippen LogP contribution in [0.5, 0.6) is 5.75 Å². The third-order valence-corrected chi connectivity index (χ3v) is 5.70. The number of carbonyl (C=O) groups excluding carboxylic acids is 1. The summed E-state index contributed by atoms with van der Waals surface area (Å²) in [4.78, 5) is 18.4. The number of rotatable bonds is 7. The molecule has 1 amide bonds. The smallest absolute Gasteiger partial charge is 0.222 e. The molecule has 0 saturated carbocycles. The molecule has 0 radical (unpaired) electrons. The van der Waals surface area contributed by atoms with Gasteiger partial charge in [0.2, 0.25) is 5.91 Å². The number of methoxy groups -OCH3 is 1. The molecule has 0 unspecified atom stereocenters. The van der Waals surface area contributed by atoms with Crippen LogP contribution in [0.15, 0.2) is 41.8 Å². The second-order valence-electron chi connectivity index (χ2n) is 6.40. The first-order chi connectivity index (χ1) is 12.2. The molecule has 0 bridgehead atoms. The highest BCUT2D eigenvalue weighted by atomic mass is 32.1. The number of amides is 1. The Bertz CT molecular complexity index is 647. The average molecular weight is 359 g/mol. The summed E-state index contributed by atoms with van der Waals surface area (Å²) >= 11 is 1.82. The van der Waals surface area contributed by atoms with Crippen LogP contribution < -0.4 is 4.74 Å². The number of piperazine rings is 1. The van der Waals surface area contributed by atoms with Gasteiger partial charge >= 0.3 is 0 Å². The fourth-order valence-electron chi connectivity index (χ4n) is 3.15. The number of nitrogens with zero attached hydrogens (tertiary/aromatic N) is 2. The molecule has 0 spiro atoms. The molecule has 3 rings (SSSR count). The zero-order valence-electron chi connectivity index (χ0n) is 14.8. The molecule has 1 fully saturated rings. The summed E-state index contributed by atoms with van der Waals surface area (Å²) in [6.45, 7) is 4.77. The van der Waals surface area contributed by atoms with Crippen molar-refractivity contribution < 1.29 is 9.53 Å². The van der Waals surface area contributed by atoms with Gasteiger partial charge in [-0.15, -0.1) is 11.3 Å². The average Bonchev–Trinajstić information content (AvgIpc) is 3.19. The lowest BCUT2D eigenvalue weighted by atomic mass is 10.1. The van der Waals surface area contributed by atoms with E-state index in [4.69, 9.17) is 4.74 Å². The first kappa shape index (κ1) is 18.0. The Kier molecular flexibility index (Phi) is 6.48. The Labute approximate surface area is 154 Å². The van der Waals surface area contributed by atoms with Crippen molar-refractivity contribution in [1.29, 1.82) is 0 Å². The summed E-state index contributed by atoms with van der Waals surface area (Å²) in [7, 11) is 1.67. The minimum Gasteiger partial charge on any atom is -0.497 e. The minimum absolute atomic E-state index is 0.272. The quantitative estimate of drug-likeness (QED) is 0.763. The van der Waals surface area contributed by atoms with Crippen LogP contribution in [0.2, 0.25) is 0 Å². The molecular weight excluding hydrogens is 332 g/mol. The van der Waals surface area contributed by atoms with Crippen molar-refractivity contribution in [3.63, 3.8) is 0 Å². The normalized spacial score (nSPS) is 15.3. The lowest BCUT2D eigenvalue weighted by Gasteiger charge is -2.34. The maximum Gasteiger partial charge on any atom is 0.222 e. The first-order valence-electron chi connectivity index (χ1n) is 8.90. The Morgan fingerprint density at radius 2 is 1.84 bits per heavy atom. The van der Waals surface area contributed by atoms with E-state index in [1.165, 1.54) is 10.4 Å². The van der Waals surface area contributed by atoms with Crippen molar-refractivity contribution in [2.24, 2.45) is 0 Å². The topological polar surface area (TPSA) is 32.8 Å². The molecule has 1 aliphatic rings. The lowest BCUT2D eigenvalue weighted by molar-refractivity contribution is -0.132. The maximum absolute atomic E-state index is 12.4. The molecular formula is C20H26N2O2S. The fourth-order valence-corrected chi connectivity index (χ4v) is 3.84. The highest BCUT2D eigenvalue weighted by molar-refractivity contribution is 7.09. The summed E-state index contributed by atoms with van der Waals surface area (Å²) in [5, 5.41) is 2.13. The third-order valence-electron chi connectivity index (χ3n) is 4.77. The van der Waals surface area contributed by atoms with E-state index in [0.29, 0.717) is 6.42 Å². The monoisotopic (exact) mass is 358 g/mol. The molecule has 5 heteroatoms. The van der Waals surface area contributed by atoms with Crippen molar-refractivity contribution in [2.75, 3.05) is 39.8 Å². The Morgan fingerprint density at radius 1 is 1.08 bits per heavy atom. The largest absolute Gasteiger partial charge is 0.497 e. The first-order valence-corrected chi connectivity index (χ1v) is 9.78. The van der Waals surface area contributed by atoms with Gasteiger partial charge in [0.25, 0.3) is 0 Å². The molecule has 1 aromatic heterocycles. The van der Waals surface area contributed by atoms with Crippen molar-refractivity contribution >= 4 is 17.2 Å². The molecule has 0 atom stereocenters. The molecule has 0 N–H and O–H groups in total. The van der Waals surface area contributed by atoms with Crippen LogP contribution in [0.1, 0.15) is 16.9 Å². The highest BCUT2D eigenvalue weighted by Crippen LogP contribution is 2.14. The van der Waals surface area contributed by atoms with Crippen LogP contribution in [-0.2, 0) is 17.6 Å². The van der Waals surface area contributed by atoms with Gasteiger partial charge in [0.05, 0.1) is 7.11 Å². The molecule has 2 aromatic rings. The number of hydrogen-bond acceptors (Lipinski definition) is 4. The van der Waals surface area contributed by atoms with Gasteiger partial charge in [-0.25, -0.2) is 0 Å². The number of thiophene rings is 1. The van der Waals surface area contributed by atoms with Gasteiger partial charge in [0, 0.05) is 44.0 Å². The van der Waals surface area contributed by atoms with E-state index < -0.39 is 0 Å². The Hall–Kier alpha value is -1.85. The van der Waals surface area contributed by atoms with Gasteiger partial charge in [-0.1, -0.05) is 18.2 Å². The molecule has 0 aliphatic carbocycles. The van der Waals surface area contributed by atoms with Gasteiger partial charge in [-0.3, -0.25) is 9.69 Å². The van der Waals surface area contributed by atoms with Crippen molar-refractivity contribution in [3.05, 3.63) is 52.2 Å². The highest BCUT2D eigenvalue weighted by Gasteiger charge is 2.20. The van der Waals surface area contributed by atoms with Crippen molar-refractivity contribution in [1.82, 2.24) is 9.80 Å². The maximum atomic E-state index is 12.4. The van der Waals surface area contributed by atoms with E-state index in [2.05, 4.69) is 22.4 Å². The summed E-state index contributed by atoms with van der Waals surface area (Å²) < 4.78 is 5.16. The predicted octanol–water partition coefficient (Wildman–Crippen LogP) is 3.08. The minimum atomic E-state index is 0.272. The molecule has 1 saturated heterocycles. The molecule has 2 heterocycles. The van der Waals surface area contributed by atoms with E-state index >= 15 is 0 Å². The second kappa shape index (κ2) is 9.02. The van der Waals surface area contributed by atoms with Crippen molar-refractivity contribution in [2.45, 2.75) is 19.3 Å². The summed E-state index contributed by atoms with van der Waals surface area (Å²) in [6.07, 6.45) is 2.49. The van der Waals surface area contributed by atoms with Crippen LogP contribution in [0, 0.1) is 0 Å². The summed E-state index contributed by atoms with van der Waals surface area (Å²) in [5.74, 6) is 1.13. The van der Waals surface area contributed by atoms with Gasteiger partial charge in [0.15, 0.2) is 0 Å². The standard InChI is InChI=1S/C20H26N2O2S/c1-24-18-7-4-17(5-8-18)6-9-20(23)22-14-12-21(13-15-22)11-10-19-3-2-16-25-19/h2-5,7-8,16H,6,9-15H2,1H3. The van der Waals surface area contributed by atoms with E-state index in [1.54, 1.807) is 7.11 Å². The van der Waals surface area contributed by atoms with Gasteiger partial charge < -0.3 is 9.64 Å². The summed E-state index contributed by atoms with van der Waals surface area (Å²) in [6, 6.07) is 12.3. The Morgan fingerprint density at radius 3 is 2.48 bits per heavy atom. The van der Waals surface area contributed by atoms with Gasteiger partial charge in [0.1, 0.15) is 5.75 Å². The van der Waals surface area contributed by atoms with Crippen LogP contribution in [-0.4, -0.2) is 55.5 Å². The SMILES string of the molecule is COc1ccc(CCC(=O)N2CCN(CCc3cccs3)CC2)cc1. The van der Waals surface area contributed by atoms with Crippen LogP contribution in [0.4, 0.5) is 0 Å². The molecule has 1 aromatic carbocycles. The number of aryl methyl sites for hydroxylation is 1. The van der Waals surface area contributed by atoms with Crippen LogP contribution in [0.3, 0.4) is 0 Å². The zero-order valence-corrected chi connectivity index (χ0v) is 15.6. The van der Waals surface area contributed by atoms with Crippen molar-refractivity contribution in [3.8, 4) is 5.75 Å². The molecule has 1 aliphatic heterocycles. The van der Waals surface area contributed by atoms with E-state index in [1.807, 2.05) is 40.5 Å².